The van der Waals surface area contributed by atoms with Gasteiger partial charge in [-0.05, 0) is 25.7 Å². The van der Waals surface area contributed by atoms with Gasteiger partial charge in [-0.25, -0.2) is 0 Å². The third kappa shape index (κ3) is 4.79. The van der Waals surface area contributed by atoms with Crippen molar-refractivity contribution in [3.63, 3.8) is 0 Å². The first-order valence-electron chi connectivity index (χ1n) is 8.76. The Balaban J connectivity index is 2.19. The number of amides is 2. The monoisotopic (exact) mass is 414 g/mol. The number of hydrogen-bond acceptors (Lipinski definition) is 5. The molecule has 1 aliphatic heterocycles. The van der Waals surface area contributed by atoms with E-state index >= 15 is 0 Å². The number of carbonyl (C=O) groups excluding carboxylic acids is 2. The summed E-state index contributed by atoms with van der Waals surface area (Å²) < 4.78 is 38.7. The van der Waals surface area contributed by atoms with Crippen molar-refractivity contribution in [2.24, 2.45) is 17.3 Å². The molecule has 152 valence electrons. The second-order valence-corrected chi connectivity index (χ2v) is 8.58. The highest BCUT2D eigenvalue weighted by Gasteiger charge is 2.45. The minimum Gasteiger partial charge on any atom is -0.330 e. The Labute approximate surface area is 165 Å². The van der Waals surface area contributed by atoms with Gasteiger partial charge in [0.25, 0.3) is 0 Å². The maximum atomic E-state index is 12.9. The van der Waals surface area contributed by atoms with Gasteiger partial charge in [-0.3, -0.25) is 9.59 Å². The van der Waals surface area contributed by atoms with Crippen LogP contribution in [-0.2, 0) is 9.59 Å². The lowest BCUT2D eigenvalue weighted by Gasteiger charge is -2.35. The van der Waals surface area contributed by atoms with Crippen LogP contribution in [0.4, 0.5) is 13.2 Å². The fourth-order valence-electron chi connectivity index (χ4n) is 3.24. The molecular formula is C18H21F3N4O2S. The van der Waals surface area contributed by atoms with E-state index in [1.54, 1.807) is 20.8 Å². The van der Waals surface area contributed by atoms with Gasteiger partial charge in [0.1, 0.15) is 12.5 Å². The molecule has 0 aromatic heterocycles. The summed E-state index contributed by atoms with van der Waals surface area (Å²) in [5.74, 6) is -2.66. The van der Waals surface area contributed by atoms with E-state index in [0.717, 1.165) is 29.5 Å². The van der Waals surface area contributed by atoms with Crippen LogP contribution in [0.15, 0.2) is 10.6 Å². The number of nitrogens with one attached hydrogen (secondary N) is 1. The molecule has 0 saturated heterocycles. The van der Waals surface area contributed by atoms with Gasteiger partial charge in [0.2, 0.25) is 11.8 Å². The molecule has 0 radical (unpaired) electrons. The molecule has 28 heavy (non-hydrogen) atoms. The molecule has 6 nitrogen and oxygen atoms in total. The lowest BCUT2D eigenvalue weighted by molar-refractivity contribution is -0.164. The van der Waals surface area contributed by atoms with Gasteiger partial charge in [0.15, 0.2) is 0 Å². The zero-order valence-corrected chi connectivity index (χ0v) is 16.6. The van der Waals surface area contributed by atoms with E-state index in [4.69, 9.17) is 0 Å². The van der Waals surface area contributed by atoms with Crippen molar-refractivity contribution in [3.8, 4) is 12.1 Å². The Morgan fingerprint density at radius 2 is 2.00 bits per heavy atom. The fraction of sp³-hybridized carbons (Fsp3) is 0.667. The van der Waals surface area contributed by atoms with E-state index in [0.29, 0.717) is 0 Å². The van der Waals surface area contributed by atoms with Crippen molar-refractivity contribution in [1.82, 2.24) is 10.2 Å². The van der Waals surface area contributed by atoms with Gasteiger partial charge in [-0.1, -0.05) is 25.6 Å². The normalized spacial score (nSPS) is 22.7. The Morgan fingerprint density at radius 3 is 2.46 bits per heavy atom. The molecular weight excluding hydrogens is 393 g/mol. The Hall–Kier alpha value is -2.20. The van der Waals surface area contributed by atoms with Crippen molar-refractivity contribution in [1.29, 1.82) is 10.5 Å². The van der Waals surface area contributed by atoms with E-state index < -0.39 is 41.9 Å². The fourth-order valence-corrected chi connectivity index (χ4v) is 4.30. The van der Waals surface area contributed by atoms with Crippen LogP contribution in [0.5, 0.6) is 0 Å². The molecule has 0 aromatic carbocycles. The molecule has 10 heteroatoms. The molecule has 0 aromatic rings. The molecule has 2 aliphatic rings. The highest BCUT2D eigenvalue weighted by atomic mass is 32.2. The maximum Gasteiger partial charge on any atom is 0.406 e. The summed E-state index contributed by atoms with van der Waals surface area (Å²) in [5.41, 5.74) is -0.932. The van der Waals surface area contributed by atoms with Crippen LogP contribution in [0.2, 0.25) is 0 Å². The van der Waals surface area contributed by atoms with E-state index in [1.807, 2.05) is 12.1 Å². The second kappa shape index (κ2) is 8.04. The largest absolute Gasteiger partial charge is 0.406 e. The summed E-state index contributed by atoms with van der Waals surface area (Å²) in [6, 6.07) is 3.30. The van der Waals surface area contributed by atoms with Gasteiger partial charge in [-0.15, -0.1) is 0 Å². The number of nitrogens with zero attached hydrogens (tertiary/aromatic N) is 3. The lowest BCUT2D eigenvalue weighted by Crippen LogP contribution is -2.47. The SMILES string of the molecule is C[C@@H](C1CC1)N(CC(F)(F)F)C(=O)CSC1=C(C#N)C(C)(C)[C@H](C#N)C(=O)N1. The van der Waals surface area contributed by atoms with Gasteiger partial charge >= 0.3 is 6.18 Å². The van der Waals surface area contributed by atoms with Crippen LogP contribution in [0.1, 0.15) is 33.6 Å². The number of alkyl halides is 3. The van der Waals surface area contributed by atoms with Gasteiger partial charge in [0, 0.05) is 11.5 Å². The zero-order valence-electron chi connectivity index (χ0n) is 15.8. The number of hydrogen-bond donors (Lipinski definition) is 1. The van der Waals surface area contributed by atoms with Gasteiger partial charge in [0.05, 0.1) is 28.5 Å². The molecule has 0 unspecified atom stereocenters. The van der Waals surface area contributed by atoms with Crippen LogP contribution < -0.4 is 5.32 Å². The molecule has 2 atom stereocenters. The number of rotatable bonds is 6. The first-order chi connectivity index (χ1) is 12.9. The minimum atomic E-state index is -4.51. The average molecular weight is 414 g/mol. The van der Waals surface area contributed by atoms with E-state index in [2.05, 4.69) is 5.32 Å². The summed E-state index contributed by atoms with van der Waals surface area (Å²) in [6.45, 7) is 3.43. The summed E-state index contributed by atoms with van der Waals surface area (Å²) in [5, 5.41) is 21.2. The third-order valence-electron chi connectivity index (χ3n) is 5.14. The molecule has 0 bridgehead atoms. The first kappa shape index (κ1) is 22.1. The molecule has 1 saturated carbocycles. The summed E-state index contributed by atoms with van der Waals surface area (Å²) >= 11 is 0.818. The Morgan fingerprint density at radius 1 is 1.39 bits per heavy atom. The highest BCUT2D eigenvalue weighted by molar-refractivity contribution is 8.03. The van der Waals surface area contributed by atoms with E-state index in [-0.39, 0.29) is 22.3 Å². The van der Waals surface area contributed by atoms with Crippen molar-refractivity contribution in [2.45, 2.75) is 45.8 Å². The predicted octanol–water partition coefficient (Wildman–Crippen LogP) is 2.94. The maximum absolute atomic E-state index is 12.9. The third-order valence-corrected chi connectivity index (χ3v) is 6.12. The molecule has 2 rings (SSSR count). The quantitative estimate of drug-likeness (QED) is 0.721. The molecule has 0 spiro atoms. The zero-order chi connectivity index (χ0) is 21.3. The summed E-state index contributed by atoms with van der Waals surface area (Å²) in [6.07, 6.45) is -2.93. The van der Waals surface area contributed by atoms with Gasteiger partial charge in [-0.2, -0.15) is 23.7 Å². The standard InChI is InChI=1S/C18H21F3N4O2S/c1-10(11-4-5-11)25(9-18(19,20)21)14(26)8-28-16-13(7-23)17(2,3)12(6-22)15(27)24-16/h10-12H,4-5,8-9H2,1-3H3,(H,24,27)/t10-,12+/m0/s1. The molecule has 1 fully saturated rings. The topological polar surface area (TPSA) is 97.0 Å². The van der Waals surface area contributed by atoms with Crippen molar-refractivity contribution >= 4 is 23.6 Å². The molecule has 1 N–H and O–H groups in total. The Kier molecular flexibility index (Phi) is 6.34. The smallest absolute Gasteiger partial charge is 0.330 e. The van der Waals surface area contributed by atoms with Crippen LogP contribution in [0.25, 0.3) is 0 Å². The number of halogens is 3. The number of thioether (sulfide) groups is 1. The minimum absolute atomic E-state index is 0.0647. The van der Waals surface area contributed by atoms with Crippen molar-refractivity contribution in [3.05, 3.63) is 10.6 Å². The number of nitriles is 2. The Bertz CT molecular complexity index is 775. The van der Waals surface area contributed by atoms with Crippen LogP contribution in [0.3, 0.4) is 0 Å². The van der Waals surface area contributed by atoms with Crippen LogP contribution in [-0.4, -0.2) is 41.2 Å². The van der Waals surface area contributed by atoms with Gasteiger partial charge < -0.3 is 10.2 Å². The van der Waals surface area contributed by atoms with Crippen molar-refractivity contribution in [2.75, 3.05) is 12.3 Å². The first-order valence-corrected chi connectivity index (χ1v) is 9.75. The van der Waals surface area contributed by atoms with E-state index in [1.165, 1.54) is 0 Å². The number of allylic oxidation sites excluding steroid dienone is 1. The molecule has 1 heterocycles. The highest BCUT2D eigenvalue weighted by Crippen LogP contribution is 2.42. The van der Waals surface area contributed by atoms with Crippen LogP contribution in [0, 0.1) is 39.9 Å². The number of carbonyl (C=O) groups is 2. The molecule has 1 aliphatic carbocycles. The van der Waals surface area contributed by atoms with Crippen molar-refractivity contribution < 1.29 is 22.8 Å². The summed E-state index contributed by atoms with van der Waals surface area (Å²) in [7, 11) is 0. The molecule has 2 amide bonds. The lowest BCUT2D eigenvalue weighted by atomic mass is 9.72. The predicted molar refractivity (Wildman–Crippen MR) is 96.1 cm³/mol. The van der Waals surface area contributed by atoms with Crippen LogP contribution >= 0.6 is 11.8 Å². The summed E-state index contributed by atoms with van der Waals surface area (Å²) in [4.78, 5) is 25.5. The second-order valence-electron chi connectivity index (χ2n) is 7.59. The van der Waals surface area contributed by atoms with E-state index in [9.17, 15) is 33.3 Å². The average Bonchev–Trinajstić information content (AvgIpc) is 3.40.